The predicted molar refractivity (Wildman–Crippen MR) is 87.5 cm³/mol. The number of carbonyl (C=O) groups excluding carboxylic acids is 1. The van der Waals surface area contributed by atoms with Crippen LogP contribution in [0, 0.1) is 10.1 Å². The average molecular weight is 345 g/mol. The number of pyridine rings is 1. The summed E-state index contributed by atoms with van der Waals surface area (Å²) < 4.78 is 0. The van der Waals surface area contributed by atoms with E-state index in [1.165, 1.54) is 18.2 Å². The van der Waals surface area contributed by atoms with E-state index in [9.17, 15) is 24.5 Å². The van der Waals surface area contributed by atoms with Crippen molar-refractivity contribution >= 4 is 28.5 Å². The maximum Gasteiger partial charge on any atom is 0.305 e. The fourth-order valence-electron chi connectivity index (χ4n) is 3.09. The number of hydrogen-bond donors (Lipinski definition) is 3. The first-order chi connectivity index (χ1) is 11.8. The van der Waals surface area contributed by atoms with Crippen molar-refractivity contribution in [3.8, 4) is 0 Å². The number of carboxylic acids is 1. The van der Waals surface area contributed by atoms with Gasteiger partial charge in [0.1, 0.15) is 0 Å². The minimum absolute atomic E-state index is 0.0147. The topological polar surface area (TPSA) is 142 Å². The molecule has 1 heterocycles. The molecule has 9 nitrogen and oxygen atoms in total. The van der Waals surface area contributed by atoms with Crippen LogP contribution in [0.5, 0.6) is 0 Å². The molecule has 25 heavy (non-hydrogen) atoms. The third-order valence-electron chi connectivity index (χ3n) is 4.46. The first-order valence-corrected chi connectivity index (χ1v) is 7.65. The summed E-state index contributed by atoms with van der Waals surface area (Å²) in [5, 5.41) is 22.9. The highest BCUT2D eigenvalue weighted by atomic mass is 16.6. The number of benzene rings is 1. The summed E-state index contributed by atoms with van der Waals surface area (Å²) >= 11 is 0. The van der Waals surface area contributed by atoms with Crippen molar-refractivity contribution in [3.63, 3.8) is 0 Å². The van der Waals surface area contributed by atoms with Gasteiger partial charge in [0.2, 0.25) is 5.56 Å². The van der Waals surface area contributed by atoms with E-state index in [2.05, 4.69) is 10.3 Å². The van der Waals surface area contributed by atoms with E-state index in [0.29, 0.717) is 18.4 Å². The number of amides is 1. The van der Waals surface area contributed by atoms with Gasteiger partial charge < -0.3 is 15.4 Å². The Morgan fingerprint density at radius 1 is 1.32 bits per heavy atom. The van der Waals surface area contributed by atoms with Gasteiger partial charge in [-0.15, -0.1) is 0 Å². The summed E-state index contributed by atoms with van der Waals surface area (Å²) in [7, 11) is 0. The quantitative estimate of drug-likeness (QED) is 0.554. The molecule has 9 heteroatoms. The average Bonchev–Trinajstić information content (AvgIpc) is 2.50. The summed E-state index contributed by atoms with van der Waals surface area (Å²) in [6.45, 7) is 0. The van der Waals surface area contributed by atoms with Gasteiger partial charge in [-0.05, 0) is 25.3 Å². The second-order valence-corrected chi connectivity index (χ2v) is 6.19. The van der Waals surface area contributed by atoms with E-state index in [-0.39, 0.29) is 23.1 Å². The lowest BCUT2D eigenvalue weighted by Gasteiger charge is -2.41. The number of H-pyrrole nitrogens is 1. The highest BCUT2D eigenvalue weighted by Gasteiger charge is 2.40. The molecule has 1 aromatic carbocycles. The van der Waals surface area contributed by atoms with E-state index in [1.807, 2.05) is 0 Å². The third kappa shape index (κ3) is 3.21. The van der Waals surface area contributed by atoms with Crippen LogP contribution in [0.15, 0.2) is 29.1 Å². The maximum atomic E-state index is 12.7. The number of hydrogen-bond acceptors (Lipinski definition) is 5. The van der Waals surface area contributed by atoms with Crippen LogP contribution in [0.3, 0.4) is 0 Å². The van der Waals surface area contributed by atoms with E-state index >= 15 is 0 Å². The Bertz CT molecular complexity index is 945. The molecule has 2 aromatic rings. The molecule has 1 fully saturated rings. The zero-order chi connectivity index (χ0) is 18.2. The van der Waals surface area contributed by atoms with Gasteiger partial charge in [0, 0.05) is 29.1 Å². The molecule has 0 spiro atoms. The molecule has 1 saturated carbocycles. The Hall–Kier alpha value is -3.23. The Kier molecular flexibility index (Phi) is 3.99. The van der Waals surface area contributed by atoms with Crippen molar-refractivity contribution < 1.29 is 19.6 Å². The first-order valence-electron chi connectivity index (χ1n) is 7.65. The Morgan fingerprint density at radius 2 is 2.04 bits per heavy atom. The molecule has 3 N–H and O–H groups in total. The SMILES string of the molecule is O=C(O)CC1(NC(=O)c2cc(=O)[nH]c3ccc([N+](=O)[O-])cc23)CCC1. The van der Waals surface area contributed by atoms with Crippen LogP contribution in [0.25, 0.3) is 10.9 Å². The van der Waals surface area contributed by atoms with Gasteiger partial charge >= 0.3 is 5.97 Å². The molecule has 0 aliphatic heterocycles. The smallest absolute Gasteiger partial charge is 0.305 e. The number of carboxylic acid groups (broad SMARTS) is 1. The number of non-ortho nitro benzene ring substituents is 1. The van der Waals surface area contributed by atoms with E-state index in [4.69, 9.17) is 5.11 Å². The predicted octanol–water partition coefficient (Wildman–Crippen LogP) is 1.56. The van der Waals surface area contributed by atoms with Crippen molar-refractivity contribution in [3.05, 3.63) is 50.3 Å². The summed E-state index contributed by atoms with van der Waals surface area (Å²) in [6.07, 6.45) is 1.66. The van der Waals surface area contributed by atoms with Gasteiger partial charge in [0.25, 0.3) is 11.6 Å². The molecule has 1 aliphatic rings. The van der Waals surface area contributed by atoms with Gasteiger partial charge in [0.05, 0.1) is 22.4 Å². The summed E-state index contributed by atoms with van der Waals surface area (Å²) in [6, 6.07) is 4.87. The van der Waals surface area contributed by atoms with Crippen molar-refractivity contribution in [1.82, 2.24) is 10.3 Å². The van der Waals surface area contributed by atoms with Crippen LogP contribution >= 0.6 is 0 Å². The number of rotatable bonds is 5. The van der Waals surface area contributed by atoms with E-state index in [1.54, 1.807) is 0 Å². The molecular formula is C16H15N3O6. The van der Waals surface area contributed by atoms with Crippen molar-refractivity contribution in [1.29, 1.82) is 0 Å². The summed E-state index contributed by atoms with van der Waals surface area (Å²) in [4.78, 5) is 48.4. The van der Waals surface area contributed by atoms with Crippen LogP contribution < -0.4 is 10.9 Å². The summed E-state index contributed by atoms with van der Waals surface area (Å²) in [5.74, 6) is -1.64. The molecule has 1 aliphatic carbocycles. The largest absolute Gasteiger partial charge is 0.481 e. The summed E-state index contributed by atoms with van der Waals surface area (Å²) in [5.41, 5.74) is -1.29. The first kappa shape index (κ1) is 16.6. The Morgan fingerprint density at radius 3 is 2.60 bits per heavy atom. The van der Waals surface area contributed by atoms with Crippen molar-refractivity contribution in [2.45, 2.75) is 31.2 Å². The Balaban J connectivity index is 2.03. The lowest BCUT2D eigenvalue weighted by Crippen LogP contribution is -2.54. The number of nitro benzene ring substituents is 1. The molecule has 0 radical (unpaired) electrons. The zero-order valence-electron chi connectivity index (χ0n) is 13.1. The number of aromatic amines is 1. The molecule has 0 atom stereocenters. The number of aromatic nitrogens is 1. The third-order valence-corrected chi connectivity index (χ3v) is 4.46. The molecule has 3 rings (SSSR count). The van der Waals surface area contributed by atoms with Crippen LogP contribution in [-0.2, 0) is 4.79 Å². The van der Waals surface area contributed by atoms with Gasteiger partial charge in [-0.1, -0.05) is 0 Å². The second kappa shape index (κ2) is 6.00. The van der Waals surface area contributed by atoms with Crippen molar-refractivity contribution in [2.24, 2.45) is 0 Å². The highest BCUT2D eigenvalue weighted by Crippen LogP contribution is 2.35. The van der Waals surface area contributed by atoms with E-state index < -0.39 is 27.9 Å². The Labute approximate surface area is 140 Å². The number of nitrogens with one attached hydrogen (secondary N) is 2. The molecule has 130 valence electrons. The zero-order valence-corrected chi connectivity index (χ0v) is 13.1. The maximum absolute atomic E-state index is 12.7. The number of aliphatic carboxylic acids is 1. The highest BCUT2D eigenvalue weighted by molar-refractivity contribution is 6.06. The fraction of sp³-hybridized carbons (Fsp3) is 0.312. The fourth-order valence-corrected chi connectivity index (χ4v) is 3.09. The lowest BCUT2D eigenvalue weighted by atomic mass is 9.74. The second-order valence-electron chi connectivity index (χ2n) is 6.19. The minimum atomic E-state index is -1.02. The van der Waals surface area contributed by atoms with E-state index in [0.717, 1.165) is 12.5 Å². The van der Waals surface area contributed by atoms with Crippen molar-refractivity contribution in [2.75, 3.05) is 0 Å². The number of nitro groups is 1. The number of nitrogens with zero attached hydrogens (tertiary/aromatic N) is 1. The van der Waals surface area contributed by atoms with Crippen LogP contribution in [0.4, 0.5) is 5.69 Å². The normalized spacial score (nSPS) is 15.4. The molecule has 0 saturated heterocycles. The van der Waals surface area contributed by atoms with Gasteiger partial charge in [-0.3, -0.25) is 24.5 Å². The monoisotopic (exact) mass is 345 g/mol. The lowest BCUT2D eigenvalue weighted by molar-refractivity contribution is -0.384. The molecule has 0 unspecified atom stereocenters. The van der Waals surface area contributed by atoms with Crippen LogP contribution in [0.2, 0.25) is 0 Å². The van der Waals surface area contributed by atoms with Crippen LogP contribution in [0.1, 0.15) is 36.0 Å². The number of carbonyl (C=O) groups is 2. The minimum Gasteiger partial charge on any atom is -0.481 e. The number of fused-ring (bicyclic) bond motifs is 1. The van der Waals surface area contributed by atoms with Gasteiger partial charge in [-0.25, -0.2) is 0 Å². The molecule has 1 aromatic heterocycles. The molecule has 1 amide bonds. The molecule has 0 bridgehead atoms. The standard InChI is InChI=1S/C16H15N3O6/c20-13-7-11(10-6-9(19(24)25)2-3-12(10)17-13)15(23)18-16(4-1-5-16)8-14(21)22/h2-3,6-7H,1,4-5,8H2,(H,17,20)(H,18,23)(H,21,22). The van der Waals surface area contributed by atoms with Gasteiger partial charge in [0.15, 0.2) is 0 Å². The molecular weight excluding hydrogens is 330 g/mol. The van der Waals surface area contributed by atoms with Gasteiger partial charge in [-0.2, -0.15) is 0 Å². The van der Waals surface area contributed by atoms with Crippen LogP contribution in [-0.4, -0.2) is 32.4 Å².